The third-order valence-corrected chi connectivity index (χ3v) is 32.4. The van der Waals surface area contributed by atoms with Gasteiger partial charge >= 0.3 is 0 Å². The van der Waals surface area contributed by atoms with Crippen molar-refractivity contribution in [2.24, 2.45) is 0 Å². The average molecular weight is 1730 g/mol. The van der Waals surface area contributed by atoms with Crippen LogP contribution in [-0.4, -0.2) is 159 Å². The maximum Gasteiger partial charge on any atom is 0.159 e. The Morgan fingerprint density at radius 1 is 0.219 bits per heavy atom. The topological polar surface area (TPSA) is 402 Å². The maximum absolute atomic E-state index is 11.9. The van der Waals surface area contributed by atoms with Crippen molar-refractivity contribution in [1.82, 2.24) is 49.8 Å². The Morgan fingerprint density at radius 3 is 0.833 bits per heavy atom. The lowest BCUT2D eigenvalue weighted by molar-refractivity contribution is 0.583. The number of hydrogen-bond acceptors (Lipinski definition) is 26. The third kappa shape index (κ3) is 44.1. The molecular weight excluding hydrogens is 1610 g/mol. The highest BCUT2D eigenvalue weighted by Gasteiger charge is 2.23. The van der Waals surface area contributed by atoms with Crippen molar-refractivity contribution in [2.45, 2.75) is 226 Å². The monoisotopic (exact) mass is 1730 g/mol. The van der Waals surface area contributed by atoms with Crippen LogP contribution in [0.15, 0.2) is 208 Å². The number of sulfone groups is 8. The zero-order chi connectivity index (χ0) is 87.2. The Morgan fingerprint density at radius 2 is 0.509 bits per heavy atom. The number of benzene rings is 2. The molecule has 9 aromatic rings. The van der Waals surface area contributed by atoms with Crippen molar-refractivity contribution in [2.75, 3.05) is 0 Å². The summed E-state index contributed by atoms with van der Waals surface area (Å²) in [4.78, 5) is 39.5. The van der Waals surface area contributed by atoms with Gasteiger partial charge in [0.05, 0.1) is 87.8 Å². The lowest BCUT2D eigenvalue weighted by Crippen LogP contribution is -2.17. The molecule has 26 nitrogen and oxygen atoms in total. The standard InChI is InChI=1S/C13H15N3O2S.2C10H14O2S.3C9H13NO2S.2C8H12N2O2S.2C2H6/c1-10(2)19(17,18)9-13-15-8-6-12(16-13)11-5-3-4-7-14-11;2*1-9(2)13(11,12)8-10-6-4-3-5-7-10;1-8(2)13(11,12)7-9-3-5-10-6-4-9;1-8(2)13(11,12)7-9-4-3-5-10-6-9;1-8(2)13(11,12)7-9-5-3-4-6-10-9;2*1-7(2)13(11,12)6-8-9-4-3-5-10-8;2*1-2/h3-8,10H,9H2,1-2H3;2*3-7,9H,8H2,1-2H3;3*3-6,8H,7H2,1-2H3;2*3-5,7H,6H2,1-2H3;2*1-2H3. The van der Waals surface area contributed by atoms with E-state index in [0.717, 1.165) is 22.3 Å². The highest BCUT2D eigenvalue weighted by atomic mass is 32.2. The molecule has 0 saturated heterocycles. The van der Waals surface area contributed by atoms with Crippen LogP contribution in [0.2, 0.25) is 0 Å². The zero-order valence-electron chi connectivity index (χ0n) is 69.2. The molecule has 7 aromatic heterocycles. The summed E-state index contributed by atoms with van der Waals surface area (Å²) in [7, 11) is -24.2. The minimum absolute atomic E-state index is 0.0332. The van der Waals surface area contributed by atoms with Crippen LogP contribution in [0, 0.1) is 0 Å². The zero-order valence-corrected chi connectivity index (χ0v) is 75.7. The van der Waals surface area contributed by atoms with Gasteiger partial charge in [0.15, 0.2) is 78.7 Å². The normalized spacial score (nSPS) is 11.6. The van der Waals surface area contributed by atoms with Crippen molar-refractivity contribution >= 4 is 78.7 Å². The minimum Gasteiger partial charge on any atom is -0.265 e. The SMILES string of the molecule is CC.CC.CC(C)S(=O)(=O)Cc1ccccc1.CC(C)S(=O)(=O)Cc1ccccc1.CC(C)S(=O)(=O)Cc1ccccn1.CC(C)S(=O)(=O)Cc1cccnc1.CC(C)S(=O)(=O)Cc1ccncc1.CC(C)S(=O)(=O)Cc1nccc(-c2ccccn2)n1.CC(C)S(=O)(=O)Cc1ncccn1.CC(C)S(=O)(=O)Cc1ncccn1. The van der Waals surface area contributed by atoms with Gasteiger partial charge in [-0.05, 0) is 194 Å². The van der Waals surface area contributed by atoms with Crippen LogP contribution < -0.4 is 0 Å². The predicted molar refractivity (Wildman–Crippen MR) is 460 cm³/mol. The lowest BCUT2D eigenvalue weighted by Gasteiger charge is -2.07. The van der Waals surface area contributed by atoms with Gasteiger partial charge in [0.1, 0.15) is 34.7 Å². The molecular formula is C80H118N10O16S8. The summed E-state index contributed by atoms with van der Waals surface area (Å²) in [5, 5.41) is -2.77. The van der Waals surface area contributed by atoms with E-state index in [9.17, 15) is 67.3 Å². The van der Waals surface area contributed by atoms with Gasteiger partial charge in [0, 0.05) is 68.2 Å². The molecule has 0 unspecified atom stereocenters. The second kappa shape index (κ2) is 53.2. The van der Waals surface area contributed by atoms with Gasteiger partial charge in [-0.1, -0.05) is 107 Å². The third-order valence-electron chi connectivity index (χ3n) is 15.3. The number of nitrogens with zero attached hydrogens (tertiary/aromatic N) is 10. The van der Waals surface area contributed by atoms with E-state index in [1.807, 2.05) is 107 Å². The van der Waals surface area contributed by atoms with Crippen molar-refractivity contribution in [3.63, 3.8) is 0 Å². The van der Waals surface area contributed by atoms with Crippen LogP contribution in [0.5, 0.6) is 0 Å². The molecule has 0 spiro atoms. The van der Waals surface area contributed by atoms with Crippen LogP contribution in [-0.2, 0) is 125 Å². The summed E-state index contributed by atoms with van der Waals surface area (Å²) >= 11 is 0. The molecule has 0 amide bonds. The molecule has 9 rings (SSSR count). The fourth-order valence-electron chi connectivity index (χ4n) is 7.54. The Hall–Kier alpha value is -8.12. The fraction of sp³-hybridized carbons (Fsp3) is 0.450. The maximum atomic E-state index is 11.9. The number of aromatic nitrogens is 10. The quantitative estimate of drug-likeness (QED) is 0.0513. The first kappa shape index (κ1) is 106. The molecule has 7 heterocycles. The summed E-state index contributed by atoms with van der Waals surface area (Å²) in [6, 6.07) is 41.3. The average Bonchev–Trinajstić information content (AvgIpc) is 0.836. The van der Waals surface area contributed by atoms with Gasteiger partial charge in [0.2, 0.25) is 0 Å². The van der Waals surface area contributed by atoms with Crippen molar-refractivity contribution in [3.8, 4) is 11.4 Å². The highest BCUT2D eigenvalue weighted by Crippen LogP contribution is 2.18. The molecule has 0 fully saturated rings. The largest absolute Gasteiger partial charge is 0.265 e. The van der Waals surface area contributed by atoms with E-state index in [-0.39, 0.29) is 82.8 Å². The molecule has 34 heteroatoms. The molecule has 0 atom stereocenters. The summed E-state index contributed by atoms with van der Waals surface area (Å²) in [6.45, 7) is 34.8. The Balaban J connectivity index is 0.00000128. The lowest BCUT2D eigenvalue weighted by atomic mass is 10.2. The molecule has 0 aliphatic heterocycles. The van der Waals surface area contributed by atoms with E-state index in [2.05, 4.69) is 49.8 Å². The van der Waals surface area contributed by atoms with Gasteiger partial charge in [-0.25, -0.2) is 97.2 Å². The van der Waals surface area contributed by atoms with E-state index < -0.39 is 83.9 Å². The summed E-state index contributed by atoms with van der Waals surface area (Å²) in [5.74, 6) is 1.22. The smallest absolute Gasteiger partial charge is 0.159 e. The van der Waals surface area contributed by atoms with Crippen LogP contribution in [0.25, 0.3) is 11.4 Å². The van der Waals surface area contributed by atoms with E-state index in [0.29, 0.717) is 34.6 Å². The molecule has 0 aliphatic carbocycles. The van der Waals surface area contributed by atoms with Crippen LogP contribution in [0.4, 0.5) is 0 Å². The van der Waals surface area contributed by atoms with E-state index in [1.165, 1.54) is 24.8 Å². The van der Waals surface area contributed by atoms with Crippen molar-refractivity contribution in [3.05, 3.63) is 253 Å². The molecule has 2 aromatic carbocycles. The van der Waals surface area contributed by atoms with E-state index >= 15 is 0 Å². The highest BCUT2D eigenvalue weighted by molar-refractivity contribution is 7.93. The van der Waals surface area contributed by atoms with Gasteiger partial charge in [-0.3, -0.25) is 19.9 Å². The molecule has 0 saturated carbocycles. The van der Waals surface area contributed by atoms with Gasteiger partial charge in [-0.2, -0.15) is 0 Å². The Bertz CT molecular complexity index is 4340. The molecule has 632 valence electrons. The predicted octanol–water partition coefficient (Wildman–Crippen LogP) is 13.7. The summed E-state index contributed by atoms with van der Waals surface area (Å²) < 4.78 is 184. The Labute approximate surface area is 681 Å². The molecule has 0 aliphatic rings. The van der Waals surface area contributed by atoms with Gasteiger partial charge in [0.25, 0.3) is 0 Å². The fourth-order valence-corrected chi connectivity index (χ4v) is 14.9. The van der Waals surface area contributed by atoms with Crippen LogP contribution in [0.3, 0.4) is 0 Å². The first-order chi connectivity index (χ1) is 53.1. The molecule has 0 N–H and O–H groups in total. The minimum atomic E-state index is -3.20. The molecule has 0 bridgehead atoms. The first-order valence-electron chi connectivity index (χ1n) is 36.9. The second-order valence-electron chi connectivity index (χ2n) is 26.8. The molecule has 114 heavy (non-hydrogen) atoms. The van der Waals surface area contributed by atoms with Crippen molar-refractivity contribution < 1.29 is 67.3 Å². The van der Waals surface area contributed by atoms with Gasteiger partial charge in [-0.15, -0.1) is 0 Å². The van der Waals surface area contributed by atoms with E-state index in [4.69, 9.17) is 0 Å². The summed E-state index contributed by atoms with van der Waals surface area (Å²) in [5.41, 5.74) is 5.20. The number of hydrogen-bond donors (Lipinski definition) is 0. The van der Waals surface area contributed by atoms with Crippen LogP contribution >= 0.6 is 0 Å². The number of pyridine rings is 4. The summed E-state index contributed by atoms with van der Waals surface area (Å²) in [6.07, 6.45) is 17.4. The van der Waals surface area contributed by atoms with Crippen molar-refractivity contribution in [1.29, 1.82) is 0 Å². The first-order valence-corrected chi connectivity index (χ1v) is 50.6. The van der Waals surface area contributed by atoms with Crippen LogP contribution in [0.1, 0.15) is 184 Å². The molecule has 0 radical (unpaired) electrons. The number of rotatable bonds is 25. The second-order valence-corrected chi connectivity index (χ2v) is 47.2. The van der Waals surface area contributed by atoms with Gasteiger partial charge < -0.3 is 0 Å². The Kier molecular flexibility index (Phi) is 49.4. The van der Waals surface area contributed by atoms with E-state index in [1.54, 1.807) is 215 Å².